The average Bonchev–Trinajstić information content (AvgIpc) is 3.25. The highest BCUT2D eigenvalue weighted by Gasteiger charge is 2.16. The molecule has 0 bridgehead atoms. The normalized spacial score (nSPS) is 12.9. The molecule has 0 fully saturated rings. The van der Waals surface area contributed by atoms with E-state index in [4.69, 9.17) is 4.74 Å². The molecule has 0 aliphatic carbocycles. The molecule has 1 aromatic carbocycles. The van der Waals surface area contributed by atoms with Gasteiger partial charge < -0.3 is 19.9 Å². The van der Waals surface area contributed by atoms with Crippen molar-refractivity contribution >= 4 is 33.9 Å². The lowest BCUT2D eigenvalue weighted by Gasteiger charge is -2.01. The molecule has 3 rings (SSSR count). The molecule has 3 aromatic rings. The van der Waals surface area contributed by atoms with Gasteiger partial charge in [0.05, 0.1) is 17.6 Å². The second-order valence-electron chi connectivity index (χ2n) is 5.95. The molecule has 0 saturated heterocycles. The molecule has 0 radical (unpaired) electrons. The number of tetrazole rings is 1. The van der Waals surface area contributed by atoms with Gasteiger partial charge in [0.25, 0.3) is 0 Å². The zero-order valence-corrected chi connectivity index (χ0v) is 16.8. The molecule has 0 aliphatic heterocycles. The number of aromatic nitrogens is 5. The number of carbonyl (C=O) groups excluding carboxylic acids is 1. The third kappa shape index (κ3) is 4.06. The van der Waals surface area contributed by atoms with Crippen LogP contribution in [0.3, 0.4) is 0 Å². The molecule has 0 spiro atoms. The molecule has 2 heterocycles. The number of hydrogen-bond acceptors (Lipinski definition) is 7. The number of aliphatic hydroxyl groups excluding tert-OH is 2. The SMILES string of the molecule is CC(=O)OCCn1nnc(-c2[nH]c(=CO)c(=C(O)c3cccc(Br)c3)c2C)n1. The van der Waals surface area contributed by atoms with Gasteiger partial charge in [0.15, 0.2) is 0 Å². The molecule has 146 valence electrons. The molecular weight excluding hydrogens is 430 g/mol. The quantitative estimate of drug-likeness (QED) is 0.503. The number of nitrogens with one attached hydrogen (secondary N) is 1. The highest BCUT2D eigenvalue weighted by molar-refractivity contribution is 9.10. The topological polar surface area (TPSA) is 126 Å². The van der Waals surface area contributed by atoms with E-state index in [0.29, 0.717) is 27.4 Å². The first-order valence-electron chi connectivity index (χ1n) is 8.34. The number of ether oxygens (including phenoxy) is 1. The van der Waals surface area contributed by atoms with Gasteiger partial charge in [0.1, 0.15) is 18.6 Å². The Balaban J connectivity index is 2.03. The third-order valence-electron chi connectivity index (χ3n) is 4.02. The second-order valence-corrected chi connectivity index (χ2v) is 6.87. The number of halogens is 1. The summed E-state index contributed by atoms with van der Waals surface area (Å²) in [4.78, 5) is 15.1. The minimum atomic E-state index is -0.383. The van der Waals surface area contributed by atoms with Crippen LogP contribution in [0, 0.1) is 6.92 Å². The summed E-state index contributed by atoms with van der Waals surface area (Å²) >= 11 is 3.38. The van der Waals surface area contributed by atoms with E-state index >= 15 is 0 Å². The van der Waals surface area contributed by atoms with Crippen molar-refractivity contribution < 1.29 is 19.7 Å². The predicted molar refractivity (Wildman–Crippen MR) is 105 cm³/mol. The van der Waals surface area contributed by atoms with Crippen LogP contribution in [-0.2, 0) is 16.1 Å². The molecule has 0 unspecified atom stereocenters. The number of aromatic amines is 1. The number of aliphatic hydroxyl groups is 2. The Morgan fingerprint density at radius 2 is 2.21 bits per heavy atom. The fourth-order valence-corrected chi connectivity index (χ4v) is 3.13. The summed E-state index contributed by atoms with van der Waals surface area (Å²) in [7, 11) is 0. The van der Waals surface area contributed by atoms with Crippen LogP contribution in [0.4, 0.5) is 0 Å². The molecular formula is C18H18BrN5O4. The molecule has 0 atom stereocenters. The van der Waals surface area contributed by atoms with Gasteiger partial charge in [-0.2, -0.15) is 4.80 Å². The standard InChI is InChI=1S/C18H18BrN5O4/c1-10-15(17(27)12-4-3-5-13(19)8-12)14(9-25)20-16(10)18-21-23-24(22-18)6-7-28-11(2)26/h3-5,8-9,20,25,27H,6-7H2,1-2H3. The van der Waals surface area contributed by atoms with Crippen LogP contribution < -0.4 is 10.6 Å². The van der Waals surface area contributed by atoms with Crippen LogP contribution in [0.25, 0.3) is 23.5 Å². The largest absolute Gasteiger partial charge is 0.513 e. The summed E-state index contributed by atoms with van der Waals surface area (Å²) in [5, 5.41) is 33.3. The van der Waals surface area contributed by atoms with Gasteiger partial charge in [-0.25, -0.2) is 0 Å². The van der Waals surface area contributed by atoms with Crippen LogP contribution in [0.2, 0.25) is 0 Å². The highest BCUT2D eigenvalue weighted by atomic mass is 79.9. The number of hydrogen-bond donors (Lipinski definition) is 3. The Kier molecular flexibility index (Phi) is 5.78. The number of esters is 1. The molecule has 0 saturated carbocycles. The molecule has 0 aliphatic rings. The Hall–Kier alpha value is -3.14. The maximum Gasteiger partial charge on any atom is 0.302 e. The Bertz CT molecular complexity index is 1140. The van der Waals surface area contributed by atoms with Crippen LogP contribution in [0.1, 0.15) is 18.1 Å². The number of nitrogens with zero attached hydrogens (tertiary/aromatic N) is 4. The van der Waals surface area contributed by atoms with E-state index in [1.807, 2.05) is 6.07 Å². The zero-order valence-electron chi connectivity index (χ0n) is 15.2. The van der Waals surface area contributed by atoms with Gasteiger partial charge in [0, 0.05) is 22.2 Å². The highest BCUT2D eigenvalue weighted by Crippen LogP contribution is 2.17. The number of H-pyrrole nitrogens is 1. The summed E-state index contributed by atoms with van der Waals surface area (Å²) in [5.41, 5.74) is 1.75. The predicted octanol–water partition coefficient (Wildman–Crippen LogP) is 1.31. The summed E-state index contributed by atoms with van der Waals surface area (Å²) in [6.07, 6.45) is 0.880. The lowest BCUT2D eigenvalue weighted by Crippen LogP contribution is -2.27. The van der Waals surface area contributed by atoms with Crippen LogP contribution >= 0.6 is 15.9 Å². The lowest BCUT2D eigenvalue weighted by atomic mass is 10.1. The van der Waals surface area contributed by atoms with E-state index in [1.54, 1.807) is 25.1 Å². The van der Waals surface area contributed by atoms with Gasteiger partial charge in [-0.3, -0.25) is 4.79 Å². The van der Waals surface area contributed by atoms with Gasteiger partial charge in [-0.05, 0) is 29.8 Å². The molecule has 0 amide bonds. The van der Waals surface area contributed by atoms with Crippen molar-refractivity contribution in [2.75, 3.05) is 6.61 Å². The van der Waals surface area contributed by atoms with Crippen molar-refractivity contribution in [3.63, 3.8) is 0 Å². The molecule has 3 N–H and O–H groups in total. The Morgan fingerprint density at radius 3 is 2.89 bits per heavy atom. The van der Waals surface area contributed by atoms with Crippen molar-refractivity contribution in [2.45, 2.75) is 20.4 Å². The fourth-order valence-electron chi connectivity index (χ4n) is 2.73. The van der Waals surface area contributed by atoms with Crippen LogP contribution in [-0.4, -0.2) is 48.0 Å². The minimum absolute atomic E-state index is 0.00356. The van der Waals surface area contributed by atoms with E-state index in [9.17, 15) is 15.0 Å². The molecule has 28 heavy (non-hydrogen) atoms. The van der Waals surface area contributed by atoms with Gasteiger partial charge >= 0.3 is 5.97 Å². The van der Waals surface area contributed by atoms with Crippen LogP contribution in [0.5, 0.6) is 0 Å². The molecule has 9 nitrogen and oxygen atoms in total. The van der Waals surface area contributed by atoms with E-state index in [-0.39, 0.29) is 30.7 Å². The van der Waals surface area contributed by atoms with Crippen molar-refractivity contribution in [2.24, 2.45) is 0 Å². The maximum absolute atomic E-state index is 10.8. The Labute approximate surface area is 168 Å². The van der Waals surface area contributed by atoms with E-state index in [2.05, 4.69) is 36.3 Å². The van der Waals surface area contributed by atoms with Crippen molar-refractivity contribution in [3.05, 3.63) is 50.4 Å². The van der Waals surface area contributed by atoms with Gasteiger partial charge in [-0.1, -0.05) is 28.1 Å². The number of rotatable bonds is 5. The molecule has 10 heteroatoms. The molecule has 2 aromatic heterocycles. The first-order chi connectivity index (χ1) is 13.4. The third-order valence-corrected chi connectivity index (χ3v) is 4.51. The summed E-state index contributed by atoms with van der Waals surface area (Å²) in [5.74, 6) is -0.0903. The summed E-state index contributed by atoms with van der Waals surface area (Å²) in [6.45, 7) is 3.49. The average molecular weight is 448 g/mol. The summed E-state index contributed by atoms with van der Waals surface area (Å²) < 4.78 is 5.68. The maximum atomic E-state index is 10.8. The van der Waals surface area contributed by atoms with Crippen molar-refractivity contribution in [1.29, 1.82) is 0 Å². The van der Waals surface area contributed by atoms with Gasteiger partial charge in [0.2, 0.25) is 5.82 Å². The summed E-state index contributed by atoms with van der Waals surface area (Å²) in [6, 6.07) is 7.18. The zero-order chi connectivity index (χ0) is 20.3. The first kappa shape index (κ1) is 19.6. The first-order valence-corrected chi connectivity index (χ1v) is 9.13. The fraction of sp³-hybridized carbons (Fsp3) is 0.222. The van der Waals surface area contributed by atoms with Gasteiger partial charge in [-0.15, -0.1) is 10.2 Å². The lowest BCUT2D eigenvalue weighted by molar-refractivity contribution is -0.141. The van der Waals surface area contributed by atoms with Crippen LogP contribution in [0.15, 0.2) is 28.7 Å². The Morgan fingerprint density at radius 1 is 1.43 bits per heavy atom. The van der Waals surface area contributed by atoms with E-state index in [1.165, 1.54) is 11.7 Å². The number of carbonyl (C=O) groups is 1. The van der Waals surface area contributed by atoms with Crippen molar-refractivity contribution in [3.8, 4) is 11.5 Å². The van der Waals surface area contributed by atoms with E-state index in [0.717, 1.165) is 10.7 Å². The van der Waals surface area contributed by atoms with E-state index < -0.39 is 0 Å². The monoisotopic (exact) mass is 447 g/mol. The van der Waals surface area contributed by atoms with Crippen molar-refractivity contribution in [1.82, 2.24) is 25.2 Å². The second kappa shape index (κ2) is 8.26. The smallest absolute Gasteiger partial charge is 0.302 e. The minimum Gasteiger partial charge on any atom is -0.513 e. The number of benzene rings is 1.